The maximum atomic E-state index is 12.4. The van der Waals surface area contributed by atoms with Crippen LogP contribution < -0.4 is 5.32 Å². The van der Waals surface area contributed by atoms with E-state index in [4.69, 9.17) is 0 Å². The predicted molar refractivity (Wildman–Crippen MR) is 93.8 cm³/mol. The van der Waals surface area contributed by atoms with Gasteiger partial charge in [-0.1, -0.05) is 61.7 Å². The molecule has 0 heterocycles. The van der Waals surface area contributed by atoms with Crippen LogP contribution in [0, 0.1) is 5.92 Å². The van der Waals surface area contributed by atoms with Crippen molar-refractivity contribution in [2.24, 2.45) is 5.92 Å². The number of rotatable bonds is 4. The third-order valence-electron chi connectivity index (χ3n) is 4.86. The zero-order valence-corrected chi connectivity index (χ0v) is 13.7. The molecule has 24 heavy (non-hydrogen) atoms. The molecule has 2 aromatic rings. The second-order valence-electron chi connectivity index (χ2n) is 6.62. The highest BCUT2D eigenvalue weighted by molar-refractivity contribution is 5.85. The van der Waals surface area contributed by atoms with E-state index < -0.39 is 11.9 Å². The molecule has 4 nitrogen and oxygen atoms in total. The van der Waals surface area contributed by atoms with Crippen molar-refractivity contribution < 1.29 is 14.7 Å². The fourth-order valence-corrected chi connectivity index (χ4v) is 3.57. The standard InChI is InChI=1S/C20H23NO3/c22-19(21-18-9-3-1-2-8-17(18)20(23)24)13-14-10-11-15-6-4-5-7-16(15)12-14/h4-7,10-12,17-18H,1-3,8-9,13H2,(H,21,22)(H,23,24)/t17-,18+/m1/s1. The van der Waals surface area contributed by atoms with Crippen molar-refractivity contribution in [3.05, 3.63) is 48.0 Å². The molecule has 2 aromatic carbocycles. The van der Waals surface area contributed by atoms with Crippen molar-refractivity contribution in [3.63, 3.8) is 0 Å². The minimum absolute atomic E-state index is 0.0940. The smallest absolute Gasteiger partial charge is 0.308 e. The predicted octanol–water partition coefficient (Wildman–Crippen LogP) is 3.53. The minimum atomic E-state index is -0.798. The van der Waals surface area contributed by atoms with Gasteiger partial charge in [0.15, 0.2) is 0 Å². The molecule has 0 radical (unpaired) electrons. The van der Waals surface area contributed by atoms with E-state index in [0.717, 1.165) is 42.0 Å². The van der Waals surface area contributed by atoms with Gasteiger partial charge in [-0.15, -0.1) is 0 Å². The lowest BCUT2D eigenvalue weighted by Crippen LogP contribution is -2.43. The Morgan fingerprint density at radius 3 is 2.54 bits per heavy atom. The molecule has 0 saturated heterocycles. The number of carbonyl (C=O) groups is 2. The number of hydrogen-bond acceptors (Lipinski definition) is 2. The molecule has 1 amide bonds. The minimum Gasteiger partial charge on any atom is -0.481 e. The van der Waals surface area contributed by atoms with Gasteiger partial charge in [0.2, 0.25) is 5.91 Å². The molecule has 0 spiro atoms. The first kappa shape index (κ1) is 16.5. The first-order valence-corrected chi connectivity index (χ1v) is 8.63. The van der Waals surface area contributed by atoms with Crippen LogP contribution in [0.5, 0.6) is 0 Å². The summed E-state index contributed by atoms with van der Waals surface area (Å²) in [7, 11) is 0. The zero-order chi connectivity index (χ0) is 16.9. The van der Waals surface area contributed by atoms with Crippen LogP contribution in [0.3, 0.4) is 0 Å². The molecule has 3 rings (SSSR count). The molecule has 4 heteroatoms. The molecular weight excluding hydrogens is 302 g/mol. The second kappa shape index (κ2) is 7.47. The number of fused-ring (bicyclic) bond motifs is 1. The van der Waals surface area contributed by atoms with Crippen molar-refractivity contribution >= 4 is 22.6 Å². The summed E-state index contributed by atoms with van der Waals surface area (Å²) in [6, 6.07) is 13.8. The van der Waals surface area contributed by atoms with Gasteiger partial charge in [0.25, 0.3) is 0 Å². The van der Waals surface area contributed by atoms with Gasteiger partial charge in [0, 0.05) is 6.04 Å². The van der Waals surface area contributed by atoms with Crippen molar-refractivity contribution in [3.8, 4) is 0 Å². The van der Waals surface area contributed by atoms with Gasteiger partial charge in [0.05, 0.1) is 12.3 Å². The molecule has 1 aliphatic rings. The molecule has 126 valence electrons. The number of carboxylic acids is 1. The zero-order valence-electron chi connectivity index (χ0n) is 13.7. The van der Waals surface area contributed by atoms with Gasteiger partial charge in [-0.05, 0) is 29.2 Å². The summed E-state index contributed by atoms with van der Waals surface area (Å²) in [5, 5.41) is 14.6. The maximum Gasteiger partial charge on any atom is 0.308 e. The van der Waals surface area contributed by atoms with Crippen molar-refractivity contribution in [1.82, 2.24) is 5.32 Å². The molecule has 0 aliphatic heterocycles. The van der Waals surface area contributed by atoms with Gasteiger partial charge < -0.3 is 10.4 Å². The van der Waals surface area contributed by atoms with E-state index in [9.17, 15) is 14.7 Å². The van der Waals surface area contributed by atoms with Gasteiger partial charge in [0.1, 0.15) is 0 Å². The van der Waals surface area contributed by atoms with Gasteiger partial charge in [-0.25, -0.2) is 0 Å². The molecule has 2 atom stereocenters. The topological polar surface area (TPSA) is 66.4 Å². The van der Waals surface area contributed by atoms with Crippen LogP contribution in [-0.2, 0) is 16.0 Å². The highest BCUT2D eigenvalue weighted by atomic mass is 16.4. The summed E-state index contributed by atoms with van der Waals surface area (Å²) < 4.78 is 0. The molecular formula is C20H23NO3. The van der Waals surface area contributed by atoms with E-state index >= 15 is 0 Å². The highest BCUT2D eigenvalue weighted by Crippen LogP contribution is 2.24. The Labute approximate surface area is 141 Å². The van der Waals surface area contributed by atoms with Crippen LogP contribution in [0.2, 0.25) is 0 Å². The maximum absolute atomic E-state index is 12.4. The third-order valence-corrected chi connectivity index (χ3v) is 4.86. The first-order chi connectivity index (χ1) is 11.6. The van der Waals surface area contributed by atoms with Gasteiger partial charge in [-0.2, -0.15) is 0 Å². The van der Waals surface area contributed by atoms with Gasteiger partial charge in [-0.3, -0.25) is 9.59 Å². The van der Waals surface area contributed by atoms with Crippen molar-refractivity contribution in [1.29, 1.82) is 0 Å². The summed E-state index contributed by atoms with van der Waals surface area (Å²) in [5.41, 5.74) is 0.951. The quantitative estimate of drug-likeness (QED) is 0.845. The molecule has 0 aromatic heterocycles. The summed E-state index contributed by atoms with van der Waals surface area (Å²) in [6.07, 6.45) is 4.63. The average molecular weight is 325 g/mol. The highest BCUT2D eigenvalue weighted by Gasteiger charge is 2.30. The van der Waals surface area contributed by atoms with Crippen molar-refractivity contribution in [2.45, 2.75) is 44.6 Å². The number of hydrogen-bond donors (Lipinski definition) is 2. The normalized spacial score (nSPS) is 21.2. The average Bonchev–Trinajstić information content (AvgIpc) is 2.80. The van der Waals surface area contributed by atoms with E-state index in [1.54, 1.807) is 0 Å². The van der Waals surface area contributed by atoms with Crippen LogP contribution in [0.1, 0.15) is 37.7 Å². The molecule has 0 bridgehead atoms. The number of carboxylic acid groups (broad SMARTS) is 1. The Kier molecular flexibility index (Phi) is 5.14. The number of benzene rings is 2. The van der Waals surface area contributed by atoms with Crippen LogP contribution in [0.25, 0.3) is 10.8 Å². The van der Waals surface area contributed by atoms with Crippen molar-refractivity contribution in [2.75, 3.05) is 0 Å². The van der Waals surface area contributed by atoms with Gasteiger partial charge >= 0.3 is 5.97 Å². The Hall–Kier alpha value is -2.36. The molecule has 1 saturated carbocycles. The molecule has 2 N–H and O–H groups in total. The van der Waals surface area contributed by atoms with E-state index in [1.807, 2.05) is 42.5 Å². The first-order valence-electron chi connectivity index (χ1n) is 8.63. The van der Waals surface area contributed by atoms with E-state index in [0.29, 0.717) is 6.42 Å². The number of amides is 1. The SMILES string of the molecule is O=C(Cc1ccc2ccccc2c1)N[C@H]1CCCCC[C@H]1C(=O)O. The van der Waals surface area contributed by atoms with Crippen LogP contribution in [0.15, 0.2) is 42.5 Å². The molecule has 1 aliphatic carbocycles. The number of aliphatic carboxylic acids is 1. The lowest BCUT2D eigenvalue weighted by atomic mass is 9.94. The Morgan fingerprint density at radius 1 is 1.00 bits per heavy atom. The van der Waals surface area contributed by atoms with E-state index in [1.165, 1.54) is 0 Å². The summed E-state index contributed by atoms with van der Waals surface area (Å²) in [6.45, 7) is 0. The van der Waals surface area contributed by atoms with Crippen LogP contribution in [-0.4, -0.2) is 23.0 Å². The summed E-state index contributed by atoms with van der Waals surface area (Å²) in [5.74, 6) is -1.36. The third kappa shape index (κ3) is 3.94. The Bertz CT molecular complexity index is 740. The Balaban J connectivity index is 1.67. The molecule has 0 unspecified atom stereocenters. The second-order valence-corrected chi connectivity index (χ2v) is 6.62. The molecule has 1 fully saturated rings. The fraction of sp³-hybridized carbons (Fsp3) is 0.400. The Morgan fingerprint density at radius 2 is 1.75 bits per heavy atom. The monoisotopic (exact) mass is 325 g/mol. The summed E-state index contributed by atoms with van der Waals surface area (Å²) in [4.78, 5) is 23.8. The lowest BCUT2D eigenvalue weighted by molar-refractivity contribution is -0.143. The van der Waals surface area contributed by atoms with Crippen LogP contribution >= 0.6 is 0 Å². The van der Waals surface area contributed by atoms with E-state index in [-0.39, 0.29) is 18.4 Å². The summed E-state index contributed by atoms with van der Waals surface area (Å²) >= 11 is 0. The number of carbonyl (C=O) groups excluding carboxylic acids is 1. The van der Waals surface area contributed by atoms with Crippen LogP contribution in [0.4, 0.5) is 0 Å². The lowest BCUT2D eigenvalue weighted by Gasteiger charge is -2.23. The fourth-order valence-electron chi connectivity index (χ4n) is 3.57. The van der Waals surface area contributed by atoms with E-state index in [2.05, 4.69) is 5.32 Å². The number of nitrogens with one attached hydrogen (secondary N) is 1. The largest absolute Gasteiger partial charge is 0.481 e.